The molecule has 0 spiro atoms. The van der Waals surface area contributed by atoms with Crippen molar-refractivity contribution in [3.05, 3.63) is 69.8 Å². The number of hydrogen-bond acceptors (Lipinski definition) is 3. The second kappa shape index (κ2) is 5.43. The van der Waals surface area contributed by atoms with Crippen molar-refractivity contribution in [3.63, 3.8) is 0 Å². The molecule has 98 valence electrons. The zero-order valence-corrected chi connectivity index (χ0v) is 9.68. The van der Waals surface area contributed by atoms with E-state index in [0.29, 0.717) is 5.56 Å². The summed E-state index contributed by atoms with van der Waals surface area (Å²) in [6, 6.07) is 8.70. The molecule has 0 fully saturated rings. The van der Waals surface area contributed by atoms with E-state index in [9.17, 15) is 18.9 Å². The first-order valence-corrected chi connectivity index (χ1v) is 5.37. The molecule has 0 heterocycles. The minimum absolute atomic E-state index is 0.0308. The van der Waals surface area contributed by atoms with Gasteiger partial charge in [-0.3, -0.25) is 10.1 Å². The summed E-state index contributed by atoms with van der Waals surface area (Å²) in [5.74, 6) is -1.54. The van der Waals surface area contributed by atoms with Gasteiger partial charge in [0.25, 0.3) is 5.69 Å². The van der Waals surface area contributed by atoms with Crippen molar-refractivity contribution in [1.29, 1.82) is 0 Å². The third-order valence-electron chi connectivity index (χ3n) is 2.44. The van der Waals surface area contributed by atoms with Crippen molar-refractivity contribution < 1.29 is 18.4 Å². The molecule has 0 aliphatic heterocycles. The van der Waals surface area contributed by atoms with Crippen LogP contribution < -0.4 is 4.74 Å². The predicted octanol–water partition coefficient (Wildman–Crippen LogP) is 3.45. The third-order valence-corrected chi connectivity index (χ3v) is 2.44. The zero-order chi connectivity index (χ0) is 13.8. The number of rotatable bonds is 4. The standard InChI is InChI=1S/C13H9F2NO3/c14-10-3-6-13(12(15)7-10)19-8-9-1-4-11(5-2-9)16(17)18/h1-7H,8H2. The number of hydrogen-bond donors (Lipinski definition) is 0. The molecule has 0 N–H and O–H groups in total. The van der Waals surface area contributed by atoms with Gasteiger partial charge in [0.1, 0.15) is 12.4 Å². The summed E-state index contributed by atoms with van der Waals surface area (Å²) < 4.78 is 31.1. The Morgan fingerprint density at radius 2 is 1.79 bits per heavy atom. The Kier molecular flexibility index (Phi) is 3.70. The highest BCUT2D eigenvalue weighted by Gasteiger charge is 2.07. The monoisotopic (exact) mass is 265 g/mol. The van der Waals surface area contributed by atoms with Gasteiger partial charge in [0, 0.05) is 18.2 Å². The van der Waals surface area contributed by atoms with Gasteiger partial charge in [-0.2, -0.15) is 0 Å². The maximum absolute atomic E-state index is 13.3. The van der Waals surface area contributed by atoms with E-state index in [-0.39, 0.29) is 18.0 Å². The Morgan fingerprint density at radius 1 is 1.11 bits per heavy atom. The fraction of sp³-hybridized carbons (Fsp3) is 0.0769. The summed E-state index contributed by atoms with van der Waals surface area (Å²) in [4.78, 5) is 9.95. The van der Waals surface area contributed by atoms with Crippen LogP contribution in [0.15, 0.2) is 42.5 Å². The molecular weight excluding hydrogens is 256 g/mol. The minimum atomic E-state index is -0.790. The number of nitro benzene ring substituents is 1. The van der Waals surface area contributed by atoms with Crippen molar-refractivity contribution >= 4 is 5.69 Å². The summed E-state index contributed by atoms with van der Waals surface area (Å²) in [5, 5.41) is 10.5. The van der Waals surface area contributed by atoms with E-state index < -0.39 is 16.6 Å². The van der Waals surface area contributed by atoms with Crippen LogP contribution in [-0.2, 0) is 6.61 Å². The summed E-state index contributed by atoms with van der Waals surface area (Å²) in [6.07, 6.45) is 0. The molecule has 4 nitrogen and oxygen atoms in total. The summed E-state index contributed by atoms with van der Waals surface area (Å²) >= 11 is 0. The fourth-order valence-electron chi connectivity index (χ4n) is 1.47. The third kappa shape index (κ3) is 3.25. The van der Waals surface area contributed by atoms with Crippen LogP contribution in [0.3, 0.4) is 0 Å². The van der Waals surface area contributed by atoms with Gasteiger partial charge in [0.15, 0.2) is 11.6 Å². The van der Waals surface area contributed by atoms with E-state index in [1.54, 1.807) is 0 Å². The Labute approximate surface area is 107 Å². The van der Waals surface area contributed by atoms with Gasteiger partial charge in [-0.1, -0.05) is 0 Å². The van der Waals surface area contributed by atoms with Gasteiger partial charge >= 0.3 is 0 Å². The lowest BCUT2D eigenvalue weighted by Crippen LogP contribution is -1.98. The summed E-state index contributed by atoms with van der Waals surface area (Å²) in [6.45, 7) is 0.0422. The minimum Gasteiger partial charge on any atom is -0.486 e. The predicted molar refractivity (Wildman–Crippen MR) is 63.8 cm³/mol. The van der Waals surface area contributed by atoms with Gasteiger partial charge < -0.3 is 4.74 Å². The Hall–Kier alpha value is -2.50. The van der Waals surface area contributed by atoms with Crippen molar-refractivity contribution in [2.75, 3.05) is 0 Å². The fourth-order valence-corrected chi connectivity index (χ4v) is 1.47. The van der Waals surface area contributed by atoms with Crippen LogP contribution in [0.5, 0.6) is 5.75 Å². The number of ether oxygens (including phenoxy) is 1. The number of halogens is 2. The van der Waals surface area contributed by atoms with Crippen LogP contribution in [-0.4, -0.2) is 4.92 Å². The molecule has 19 heavy (non-hydrogen) atoms. The molecule has 0 saturated heterocycles. The van der Waals surface area contributed by atoms with Gasteiger partial charge in [0.2, 0.25) is 0 Å². The molecule has 0 amide bonds. The molecule has 0 aliphatic carbocycles. The molecule has 0 unspecified atom stereocenters. The number of nitrogens with zero attached hydrogens (tertiary/aromatic N) is 1. The van der Waals surface area contributed by atoms with Crippen LogP contribution in [0.4, 0.5) is 14.5 Å². The van der Waals surface area contributed by atoms with Crippen molar-refractivity contribution in [2.24, 2.45) is 0 Å². The summed E-state index contributed by atoms with van der Waals surface area (Å²) in [5.41, 5.74) is 0.617. The van der Waals surface area contributed by atoms with Crippen LogP contribution >= 0.6 is 0 Å². The SMILES string of the molecule is O=[N+]([O-])c1ccc(COc2ccc(F)cc2F)cc1. The molecule has 0 aliphatic rings. The van der Waals surface area contributed by atoms with Crippen molar-refractivity contribution in [3.8, 4) is 5.75 Å². The van der Waals surface area contributed by atoms with Crippen LogP contribution in [0.2, 0.25) is 0 Å². The van der Waals surface area contributed by atoms with Gasteiger partial charge in [-0.25, -0.2) is 8.78 Å². The molecule has 2 rings (SSSR count). The normalized spacial score (nSPS) is 10.2. The van der Waals surface area contributed by atoms with Crippen molar-refractivity contribution in [2.45, 2.75) is 6.61 Å². The van der Waals surface area contributed by atoms with Crippen LogP contribution in [0, 0.1) is 21.7 Å². The number of nitro groups is 1. The van der Waals surface area contributed by atoms with E-state index in [2.05, 4.69) is 0 Å². The van der Waals surface area contributed by atoms with Gasteiger partial charge in [0.05, 0.1) is 4.92 Å². The van der Waals surface area contributed by atoms with E-state index >= 15 is 0 Å². The van der Waals surface area contributed by atoms with E-state index in [0.717, 1.165) is 12.1 Å². The average Bonchev–Trinajstić information content (AvgIpc) is 2.38. The maximum Gasteiger partial charge on any atom is 0.269 e. The van der Waals surface area contributed by atoms with E-state index in [1.807, 2.05) is 0 Å². The highest BCUT2D eigenvalue weighted by molar-refractivity contribution is 5.33. The zero-order valence-electron chi connectivity index (χ0n) is 9.68. The summed E-state index contributed by atoms with van der Waals surface area (Å²) in [7, 11) is 0. The lowest BCUT2D eigenvalue weighted by atomic mass is 10.2. The second-order valence-corrected chi connectivity index (χ2v) is 3.79. The Bertz CT molecular complexity index is 599. The number of benzene rings is 2. The average molecular weight is 265 g/mol. The highest BCUT2D eigenvalue weighted by Crippen LogP contribution is 2.19. The lowest BCUT2D eigenvalue weighted by molar-refractivity contribution is -0.384. The van der Waals surface area contributed by atoms with Gasteiger partial charge in [-0.15, -0.1) is 0 Å². The quantitative estimate of drug-likeness (QED) is 0.628. The largest absolute Gasteiger partial charge is 0.486 e. The highest BCUT2D eigenvalue weighted by atomic mass is 19.1. The smallest absolute Gasteiger partial charge is 0.269 e. The first-order valence-electron chi connectivity index (χ1n) is 5.37. The van der Waals surface area contributed by atoms with Gasteiger partial charge in [-0.05, 0) is 29.8 Å². The molecule has 0 aromatic heterocycles. The Morgan fingerprint density at radius 3 is 2.37 bits per heavy atom. The van der Waals surface area contributed by atoms with Crippen molar-refractivity contribution in [1.82, 2.24) is 0 Å². The molecule has 6 heteroatoms. The number of non-ortho nitro benzene ring substituents is 1. The molecular formula is C13H9F2NO3. The molecule has 0 radical (unpaired) electrons. The molecule has 2 aromatic rings. The van der Waals surface area contributed by atoms with Crippen LogP contribution in [0.1, 0.15) is 5.56 Å². The molecule has 0 atom stereocenters. The first-order chi connectivity index (χ1) is 9.06. The lowest BCUT2D eigenvalue weighted by Gasteiger charge is -2.07. The molecule has 2 aromatic carbocycles. The molecule has 0 bridgehead atoms. The Balaban J connectivity index is 2.04. The maximum atomic E-state index is 13.3. The van der Waals surface area contributed by atoms with E-state index in [4.69, 9.17) is 4.74 Å². The van der Waals surface area contributed by atoms with Crippen LogP contribution in [0.25, 0.3) is 0 Å². The van der Waals surface area contributed by atoms with E-state index in [1.165, 1.54) is 30.3 Å². The molecule has 0 saturated carbocycles. The second-order valence-electron chi connectivity index (χ2n) is 3.79. The topological polar surface area (TPSA) is 52.4 Å². The first kappa shape index (κ1) is 12.9.